The van der Waals surface area contributed by atoms with Gasteiger partial charge in [-0.15, -0.1) is 0 Å². The van der Waals surface area contributed by atoms with E-state index in [1.54, 1.807) is 24.3 Å². The molecule has 0 saturated carbocycles. The summed E-state index contributed by atoms with van der Waals surface area (Å²) < 4.78 is 16.1. The minimum absolute atomic E-state index is 0.226. The first-order chi connectivity index (χ1) is 24.5. The number of fused-ring (bicyclic) bond motifs is 10. The average molecular weight is 672 g/mol. The number of aromatic carboxylic acids is 1. The van der Waals surface area contributed by atoms with E-state index >= 15 is 0 Å². The molecule has 0 saturated heterocycles. The number of benzene rings is 4. The van der Waals surface area contributed by atoms with Gasteiger partial charge in [-0.2, -0.15) is 0 Å². The van der Waals surface area contributed by atoms with Crippen molar-refractivity contribution in [2.24, 2.45) is 0 Å². The standard InChI is InChI=1S/C43H49N3O4/c1-5-9-15-30(16-10-6-2)46-34-18-14-13-17-32(34)36-37-33-24-23-31(45(25-11-7-3)26-12-8-4)27-35(33)49-40(37)41-38(39(36)46)44-42(50-41)28-19-21-29(22-20-28)43(47)48/h13-14,17-24,27,30H,5-12,15-16,25-26H2,1-4H3,(H,47,48). The van der Waals surface area contributed by atoms with Gasteiger partial charge >= 0.3 is 5.97 Å². The summed E-state index contributed by atoms with van der Waals surface area (Å²) in [6, 6.07) is 22.5. The van der Waals surface area contributed by atoms with Crippen LogP contribution in [0.2, 0.25) is 0 Å². The van der Waals surface area contributed by atoms with Gasteiger partial charge in [-0.25, -0.2) is 9.78 Å². The Morgan fingerprint density at radius 3 is 2.12 bits per heavy atom. The smallest absolute Gasteiger partial charge is 0.335 e. The number of carboxylic acid groups (broad SMARTS) is 1. The predicted molar refractivity (Wildman–Crippen MR) is 207 cm³/mol. The molecule has 50 heavy (non-hydrogen) atoms. The van der Waals surface area contributed by atoms with Gasteiger partial charge in [-0.1, -0.05) is 84.4 Å². The van der Waals surface area contributed by atoms with Gasteiger partial charge in [0.15, 0.2) is 5.58 Å². The monoisotopic (exact) mass is 671 g/mol. The predicted octanol–water partition coefficient (Wildman–Crippen LogP) is 12.5. The minimum Gasteiger partial charge on any atom is -0.478 e. The molecule has 0 unspecified atom stereocenters. The third-order valence-corrected chi connectivity index (χ3v) is 10.3. The first-order valence-corrected chi connectivity index (χ1v) is 18.8. The van der Waals surface area contributed by atoms with Crippen molar-refractivity contribution >= 4 is 66.5 Å². The van der Waals surface area contributed by atoms with Crippen LogP contribution in [0.5, 0.6) is 0 Å². The number of carbonyl (C=O) groups is 1. The van der Waals surface area contributed by atoms with Gasteiger partial charge in [0.2, 0.25) is 11.5 Å². The molecule has 0 aliphatic rings. The maximum Gasteiger partial charge on any atom is 0.335 e. The fourth-order valence-electron chi connectivity index (χ4n) is 7.68. The van der Waals surface area contributed by atoms with Crippen LogP contribution < -0.4 is 4.90 Å². The zero-order valence-electron chi connectivity index (χ0n) is 29.9. The summed E-state index contributed by atoms with van der Waals surface area (Å²) in [5.74, 6) is -0.510. The Balaban J connectivity index is 1.56. The third-order valence-electron chi connectivity index (χ3n) is 10.3. The molecule has 0 radical (unpaired) electrons. The number of para-hydroxylation sites is 1. The number of nitrogens with zero attached hydrogens (tertiary/aromatic N) is 3. The van der Waals surface area contributed by atoms with E-state index in [0.717, 1.165) is 116 Å². The van der Waals surface area contributed by atoms with Gasteiger partial charge < -0.3 is 23.4 Å². The number of unbranched alkanes of at least 4 members (excludes halogenated alkanes) is 4. The average Bonchev–Trinajstić information content (AvgIpc) is 3.84. The molecule has 0 spiro atoms. The number of hydrogen-bond acceptors (Lipinski definition) is 5. The lowest BCUT2D eigenvalue weighted by Gasteiger charge is -2.24. The molecule has 7 aromatic rings. The number of aromatic nitrogens is 2. The van der Waals surface area contributed by atoms with Gasteiger partial charge in [-0.05, 0) is 68.1 Å². The highest BCUT2D eigenvalue weighted by molar-refractivity contribution is 6.34. The maximum absolute atomic E-state index is 11.6. The minimum atomic E-state index is -0.961. The van der Waals surface area contributed by atoms with Crippen LogP contribution in [-0.4, -0.2) is 33.7 Å². The van der Waals surface area contributed by atoms with Crippen LogP contribution in [0.4, 0.5) is 5.69 Å². The summed E-state index contributed by atoms with van der Waals surface area (Å²) in [6.45, 7) is 11.1. The third kappa shape index (κ3) is 6.01. The van der Waals surface area contributed by atoms with E-state index < -0.39 is 5.97 Å². The van der Waals surface area contributed by atoms with Gasteiger partial charge in [-0.3, -0.25) is 0 Å². The summed E-state index contributed by atoms with van der Waals surface area (Å²) in [5, 5.41) is 14.0. The maximum atomic E-state index is 11.6. The number of rotatable bonds is 16. The number of hydrogen-bond donors (Lipinski definition) is 1. The second-order valence-corrected chi connectivity index (χ2v) is 13.8. The largest absolute Gasteiger partial charge is 0.478 e. The van der Waals surface area contributed by atoms with Crippen molar-refractivity contribution in [1.82, 2.24) is 9.55 Å². The van der Waals surface area contributed by atoms with E-state index in [9.17, 15) is 9.90 Å². The zero-order valence-corrected chi connectivity index (χ0v) is 29.9. The quantitative estimate of drug-likeness (QED) is 0.110. The lowest BCUT2D eigenvalue weighted by atomic mass is 10.0. The second kappa shape index (κ2) is 14.6. The van der Waals surface area contributed by atoms with E-state index in [2.05, 4.69) is 79.6 Å². The van der Waals surface area contributed by atoms with Crippen LogP contribution in [0, 0.1) is 0 Å². The van der Waals surface area contributed by atoms with Crippen molar-refractivity contribution in [2.75, 3.05) is 18.0 Å². The van der Waals surface area contributed by atoms with E-state index in [1.165, 1.54) is 16.6 Å². The highest BCUT2D eigenvalue weighted by Crippen LogP contribution is 2.48. The van der Waals surface area contributed by atoms with Gasteiger partial charge in [0.05, 0.1) is 11.1 Å². The van der Waals surface area contributed by atoms with Crippen molar-refractivity contribution in [3.05, 3.63) is 72.3 Å². The van der Waals surface area contributed by atoms with Crippen LogP contribution in [0.3, 0.4) is 0 Å². The molecular weight excluding hydrogens is 622 g/mol. The lowest BCUT2D eigenvalue weighted by molar-refractivity contribution is 0.0697. The van der Waals surface area contributed by atoms with Gasteiger partial charge in [0.1, 0.15) is 11.1 Å². The Morgan fingerprint density at radius 2 is 1.46 bits per heavy atom. The molecule has 3 aromatic heterocycles. The SMILES string of the molecule is CCCCC(CCCC)n1c2ccccc2c2c3c4ccc(N(CCCC)CCCC)cc4oc3c3oc(-c4ccc(C(=O)O)cc4)nc3c21. The number of furan rings is 1. The van der Waals surface area contributed by atoms with Crippen LogP contribution in [0.1, 0.15) is 108 Å². The molecule has 0 fully saturated rings. The molecule has 7 nitrogen and oxygen atoms in total. The van der Waals surface area contributed by atoms with E-state index in [1.807, 2.05) is 0 Å². The zero-order chi connectivity index (χ0) is 34.8. The second-order valence-electron chi connectivity index (χ2n) is 13.8. The number of anilines is 1. The van der Waals surface area contributed by atoms with Crippen molar-refractivity contribution < 1.29 is 18.7 Å². The first kappa shape index (κ1) is 33.7. The Hall–Kier alpha value is -4.78. The Kier molecular flexibility index (Phi) is 9.84. The van der Waals surface area contributed by atoms with Crippen molar-refractivity contribution in [1.29, 1.82) is 0 Å². The molecule has 3 heterocycles. The fourth-order valence-corrected chi connectivity index (χ4v) is 7.68. The van der Waals surface area contributed by atoms with Crippen molar-refractivity contribution in [3.8, 4) is 11.5 Å². The molecule has 260 valence electrons. The summed E-state index contributed by atoms with van der Waals surface area (Å²) >= 11 is 0. The molecule has 0 bridgehead atoms. The topological polar surface area (TPSA) is 84.6 Å². The van der Waals surface area contributed by atoms with Crippen LogP contribution in [0.25, 0.3) is 66.3 Å². The molecule has 7 rings (SSSR count). The van der Waals surface area contributed by atoms with Crippen LogP contribution in [0.15, 0.2) is 75.6 Å². The summed E-state index contributed by atoms with van der Waals surface area (Å²) in [6.07, 6.45) is 11.4. The van der Waals surface area contributed by atoms with Crippen molar-refractivity contribution in [2.45, 2.75) is 97.9 Å². The Bertz CT molecular complexity index is 2260. The summed E-state index contributed by atoms with van der Waals surface area (Å²) in [4.78, 5) is 19.3. The van der Waals surface area contributed by atoms with Gasteiger partial charge in [0.25, 0.3) is 0 Å². The molecule has 7 heteroatoms. The summed E-state index contributed by atoms with van der Waals surface area (Å²) in [7, 11) is 0. The van der Waals surface area contributed by atoms with Crippen molar-refractivity contribution in [3.63, 3.8) is 0 Å². The van der Waals surface area contributed by atoms with Gasteiger partial charge in [0, 0.05) is 63.5 Å². The Morgan fingerprint density at radius 1 is 0.780 bits per heavy atom. The molecule has 0 aliphatic heterocycles. The van der Waals surface area contributed by atoms with E-state index in [4.69, 9.17) is 13.8 Å². The highest BCUT2D eigenvalue weighted by Gasteiger charge is 2.28. The molecule has 0 aliphatic carbocycles. The molecule has 4 aromatic carbocycles. The Labute approximate surface area is 293 Å². The van der Waals surface area contributed by atoms with Crippen LogP contribution in [-0.2, 0) is 0 Å². The number of oxazole rings is 1. The molecular formula is C43H49N3O4. The highest BCUT2D eigenvalue weighted by atomic mass is 16.4. The molecule has 0 atom stereocenters. The van der Waals surface area contributed by atoms with Crippen LogP contribution >= 0.6 is 0 Å². The number of carboxylic acids is 1. The summed E-state index contributed by atoms with van der Waals surface area (Å²) in [5.41, 5.74) is 7.39. The first-order valence-electron chi connectivity index (χ1n) is 18.8. The van der Waals surface area contributed by atoms with E-state index in [-0.39, 0.29) is 5.56 Å². The van der Waals surface area contributed by atoms with E-state index in [0.29, 0.717) is 23.1 Å². The molecule has 0 amide bonds. The fraction of sp³-hybridized carbons (Fsp3) is 0.395. The lowest BCUT2D eigenvalue weighted by Crippen LogP contribution is -2.25. The normalized spacial score (nSPS) is 12.1. The molecule has 1 N–H and O–H groups in total.